The predicted molar refractivity (Wildman–Crippen MR) is 54.7 cm³/mol. The third-order valence-corrected chi connectivity index (χ3v) is 1.40. The molecule has 0 aliphatic carbocycles. The Hall–Kier alpha value is -0.450. The number of rotatable bonds is 3. The Morgan fingerprint density at radius 2 is 1.92 bits per heavy atom. The Balaban J connectivity index is 0.000000243. The van der Waals surface area contributed by atoms with Crippen LogP contribution in [0, 0.1) is 0 Å². The van der Waals surface area contributed by atoms with Gasteiger partial charge in [0.05, 0.1) is 13.2 Å². The minimum atomic E-state index is 0.497. The van der Waals surface area contributed by atoms with Crippen molar-refractivity contribution in [3.8, 4) is 0 Å². The lowest BCUT2D eigenvalue weighted by atomic mass is 10.4. The lowest BCUT2D eigenvalue weighted by Gasteiger charge is -1.76. The molecular formula is C9H13BrO3. The maximum Gasteiger partial charge on any atom is 0.146 e. The van der Waals surface area contributed by atoms with Crippen molar-refractivity contribution >= 4 is 22.2 Å². The van der Waals surface area contributed by atoms with Gasteiger partial charge < -0.3 is 14.3 Å². The van der Waals surface area contributed by atoms with E-state index in [1.807, 2.05) is 12.2 Å². The summed E-state index contributed by atoms with van der Waals surface area (Å²) in [5.74, 6) is 0. The summed E-state index contributed by atoms with van der Waals surface area (Å²) in [4.78, 5) is 11.4. The van der Waals surface area contributed by atoms with Gasteiger partial charge in [0, 0.05) is 6.42 Å². The van der Waals surface area contributed by atoms with Crippen molar-refractivity contribution in [1.82, 2.24) is 0 Å². The highest BCUT2D eigenvalue weighted by atomic mass is 79.9. The highest BCUT2D eigenvalue weighted by Gasteiger charge is 1.93. The molecule has 1 heterocycles. The van der Waals surface area contributed by atoms with Gasteiger partial charge in [-0.05, 0) is 4.99 Å². The summed E-state index contributed by atoms with van der Waals surface area (Å²) >= 11 is 3.08. The van der Waals surface area contributed by atoms with E-state index >= 15 is 0 Å². The Kier molecular flexibility index (Phi) is 11.2. The molecule has 0 amide bonds. The zero-order valence-corrected chi connectivity index (χ0v) is 8.90. The molecule has 0 saturated carbocycles. The summed E-state index contributed by atoms with van der Waals surface area (Å²) in [6.45, 7) is 2.06. The first kappa shape index (κ1) is 12.6. The summed E-state index contributed by atoms with van der Waals surface area (Å²) in [6.07, 6.45) is 6.76. The summed E-state index contributed by atoms with van der Waals surface area (Å²) in [6, 6.07) is 0. The number of aldehydes is 1. The van der Waals surface area contributed by atoms with Gasteiger partial charge in [0.15, 0.2) is 0 Å². The van der Waals surface area contributed by atoms with Crippen LogP contribution in [0.15, 0.2) is 23.2 Å². The lowest BCUT2D eigenvalue weighted by Crippen LogP contribution is -1.79. The monoisotopic (exact) mass is 248 g/mol. The van der Waals surface area contributed by atoms with Gasteiger partial charge in [-0.15, -0.1) is 0 Å². The highest BCUT2D eigenvalue weighted by Crippen LogP contribution is 1.86. The van der Waals surface area contributed by atoms with Crippen LogP contribution in [0.2, 0.25) is 0 Å². The van der Waals surface area contributed by atoms with Crippen molar-refractivity contribution in [2.24, 2.45) is 0 Å². The van der Waals surface area contributed by atoms with Crippen molar-refractivity contribution in [2.75, 3.05) is 20.0 Å². The van der Waals surface area contributed by atoms with Crippen LogP contribution < -0.4 is 0 Å². The van der Waals surface area contributed by atoms with E-state index in [1.54, 1.807) is 11.1 Å². The number of hydrogen-bond donors (Lipinski definition) is 0. The molecule has 1 aliphatic rings. The second-order valence-corrected chi connectivity index (χ2v) is 2.61. The van der Waals surface area contributed by atoms with Gasteiger partial charge >= 0.3 is 0 Å². The number of ether oxygens (including phenoxy) is 2. The SMILES string of the molecule is C1COCO1.O=CCC=CC=CBr. The Labute approximate surface area is 86.5 Å². The molecule has 0 atom stereocenters. The molecule has 0 radical (unpaired) electrons. The summed E-state index contributed by atoms with van der Waals surface area (Å²) in [5, 5.41) is 0. The van der Waals surface area contributed by atoms with Crippen LogP contribution in [0.5, 0.6) is 0 Å². The van der Waals surface area contributed by atoms with E-state index < -0.39 is 0 Å². The van der Waals surface area contributed by atoms with Crippen molar-refractivity contribution in [3.63, 3.8) is 0 Å². The quantitative estimate of drug-likeness (QED) is 0.567. The van der Waals surface area contributed by atoms with E-state index in [9.17, 15) is 4.79 Å². The van der Waals surface area contributed by atoms with Crippen molar-refractivity contribution in [3.05, 3.63) is 23.2 Å². The normalized spacial score (nSPS) is 16.1. The molecule has 0 aromatic rings. The van der Waals surface area contributed by atoms with Crippen LogP contribution in [0.25, 0.3) is 0 Å². The molecule has 1 rings (SSSR count). The standard InChI is InChI=1S/C6H7BrO.C3H6O2/c7-5-3-1-2-4-6-8;1-2-5-3-4-1/h1-3,5-6H,4H2;1-3H2. The second-order valence-electron chi connectivity index (χ2n) is 2.08. The van der Waals surface area contributed by atoms with Crippen molar-refractivity contribution in [2.45, 2.75) is 6.42 Å². The lowest BCUT2D eigenvalue weighted by molar-refractivity contribution is -0.107. The van der Waals surface area contributed by atoms with Gasteiger partial charge in [-0.2, -0.15) is 0 Å². The van der Waals surface area contributed by atoms with Crippen LogP contribution in [-0.2, 0) is 14.3 Å². The molecular weight excluding hydrogens is 236 g/mol. The first-order valence-corrected chi connectivity index (χ1v) is 4.84. The topological polar surface area (TPSA) is 35.5 Å². The first-order valence-electron chi connectivity index (χ1n) is 3.93. The average Bonchev–Trinajstić information content (AvgIpc) is 2.70. The van der Waals surface area contributed by atoms with E-state index in [1.165, 1.54) is 0 Å². The molecule has 0 spiro atoms. The molecule has 74 valence electrons. The third kappa shape index (κ3) is 11.5. The number of carbonyl (C=O) groups is 1. The molecule has 1 saturated heterocycles. The maximum absolute atomic E-state index is 9.68. The first-order chi connectivity index (χ1) is 6.41. The van der Waals surface area contributed by atoms with Gasteiger partial charge in [-0.3, -0.25) is 0 Å². The predicted octanol–water partition coefficient (Wildman–Crippen LogP) is 2.03. The van der Waals surface area contributed by atoms with Crippen LogP contribution in [0.1, 0.15) is 6.42 Å². The molecule has 0 aromatic carbocycles. The fraction of sp³-hybridized carbons (Fsp3) is 0.444. The van der Waals surface area contributed by atoms with E-state index in [-0.39, 0.29) is 0 Å². The van der Waals surface area contributed by atoms with Gasteiger partial charge in [0.2, 0.25) is 0 Å². The van der Waals surface area contributed by atoms with Crippen LogP contribution in [0.3, 0.4) is 0 Å². The van der Waals surface area contributed by atoms with Gasteiger partial charge in [-0.25, -0.2) is 0 Å². The van der Waals surface area contributed by atoms with E-state index in [4.69, 9.17) is 9.47 Å². The minimum Gasteiger partial charge on any atom is -0.353 e. The fourth-order valence-corrected chi connectivity index (χ4v) is 0.726. The Morgan fingerprint density at radius 3 is 2.31 bits per heavy atom. The zero-order chi connectivity index (χ0) is 9.78. The molecule has 1 aliphatic heterocycles. The summed E-state index contributed by atoms with van der Waals surface area (Å²) in [7, 11) is 0. The maximum atomic E-state index is 9.68. The van der Waals surface area contributed by atoms with Crippen molar-refractivity contribution in [1.29, 1.82) is 0 Å². The molecule has 0 unspecified atom stereocenters. The van der Waals surface area contributed by atoms with E-state index in [2.05, 4.69) is 15.9 Å². The molecule has 4 heteroatoms. The second kappa shape index (κ2) is 11.6. The zero-order valence-electron chi connectivity index (χ0n) is 7.32. The molecule has 0 aromatic heterocycles. The number of hydrogen-bond acceptors (Lipinski definition) is 3. The Morgan fingerprint density at radius 1 is 1.23 bits per heavy atom. The minimum absolute atomic E-state index is 0.497. The third-order valence-electron chi connectivity index (χ3n) is 1.09. The summed E-state index contributed by atoms with van der Waals surface area (Å²) in [5.41, 5.74) is 0. The number of carbonyl (C=O) groups excluding carboxylic acids is 1. The highest BCUT2D eigenvalue weighted by molar-refractivity contribution is 9.11. The van der Waals surface area contributed by atoms with Gasteiger partial charge in [0.25, 0.3) is 0 Å². The largest absolute Gasteiger partial charge is 0.353 e. The van der Waals surface area contributed by atoms with Gasteiger partial charge in [0.1, 0.15) is 13.1 Å². The molecule has 1 fully saturated rings. The van der Waals surface area contributed by atoms with Gasteiger partial charge in [-0.1, -0.05) is 34.2 Å². The van der Waals surface area contributed by atoms with Crippen molar-refractivity contribution < 1.29 is 14.3 Å². The van der Waals surface area contributed by atoms with E-state index in [0.29, 0.717) is 13.2 Å². The van der Waals surface area contributed by atoms with Crippen LogP contribution in [0.4, 0.5) is 0 Å². The van der Waals surface area contributed by atoms with Crippen LogP contribution >= 0.6 is 15.9 Å². The molecule has 13 heavy (non-hydrogen) atoms. The van der Waals surface area contributed by atoms with E-state index in [0.717, 1.165) is 19.5 Å². The smallest absolute Gasteiger partial charge is 0.146 e. The molecule has 0 bridgehead atoms. The Bertz CT molecular complexity index is 155. The van der Waals surface area contributed by atoms with Crippen LogP contribution in [-0.4, -0.2) is 26.3 Å². The summed E-state index contributed by atoms with van der Waals surface area (Å²) < 4.78 is 9.44. The number of allylic oxidation sites excluding steroid dienone is 3. The number of halogens is 1. The average molecular weight is 249 g/mol. The molecule has 3 nitrogen and oxygen atoms in total. The molecule has 0 N–H and O–H groups in total. The fourth-order valence-electron chi connectivity index (χ4n) is 0.549.